The molecule has 6 unspecified atom stereocenters. The molecule has 2 aliphatic heterocycles. The Labute approximate surface area is 673 Å². The number of halogens is 9. The van der Waals surface area contributed by atoms with Crippen LogP contribution in [0.2, 0.25) is 0 Å². The summed E-state index contributed by atoms with van der Waals surface area (Å²) in [4.78, 5) is 34.0. The summed E-state index contributed by atoms with van der Waals surface area (Å²) in [6.45, 7) is 6.43. The van der Waals surface area contributed by atoms with Crippen LogP contribution in [-0.2, 0) is 72.0 Å². The minimum absolute atomic E-state index is 0.0146. The maximum absolute atomic E-state index is 13.5. The van der Waals surface area contributed by atoms with Crippen LogP contribution < -0.4 is 4.74 Å². The van der Waals surface area contributed by atoms with Gasteiger partial charge >= 0.3 is 34.3 Å². The lowest BCUT2D eigenvalue weighted by atomic mass is 9.49. The Hall–Kier alpha value is -7.00. The minimum Gasteiger partial charge on any atom is -0.743 e. The Bertz CT molecular complexity index is 4380. The lowest BCUT2D eigenvalue weighted by molar-refractivity contribution is -0.234. The molecule has 17 rings (SSSR count). The van der Waals surface area contributed by atoms with E-state index in [-0.39, 0.29) is 46.5 Å². The SMILES string of the molecule is CC(F)(F)C(F)(F)C1CC2CCC1C2.CC12CCC(C(=O)OCC(F)C(F)(F)S(=O)(=O)[O-])(OC1=O)C2(C)C.CCCCOc1ccc([S+]2CCCC2)c2ccccc12.O=S(=O)([O-])C(F)(F)CC12CC3CC(CC(C3)C1)C2.c1ccc([S+](c2ccccc2)c2ccccc2)cc1.c1ccc([S+](c2ccccc2)c2ccccc2)cc1. The highest BCUT2D eigenvalue weighted by Gasteiger charge is 2.77. The van der Waals surface area contributed by atoms with Crippen molar-refractivity contribution in [2.75, 3.05) is 24.7 Å². The molecule has 8 aromatic carbocycles. The van der Waals surface area contributed by atoms with Crippen LogP contribution in [0.5, 0.6) is 5.75 Å². The van der Waals surface area contributed by atoms with Crippen LogP contribution in [0.4, 0.5) is 39.5 Å². The molecule has 0 N–H and O–H groups in total. The van der Waals surface area contributed by atoms with Crippen molar-refractivity contribution in [3.63, 3.8) is 0 Å². The molecule has 0 radical (unpaired) electrons. The highest BCUT2D eigenvalue weighted by atomic mass is 32.2. The number of rotatable bonds is 21. The van der Waals surface area contributed by atoms with Gasteiger partial charge < -0.3 is 23.3 Å². The van der Waals surface area contributed by atoms with Crippen LogP contribution in [0.1, 0.15) is 144 Å². The highest BCUT2D eigenvalue weighted by Crippen LogP contribution is 2.67. The Morgan fingerprint density at radius 1 is 0.561 bits per heavy atom. The molecule has 9 aliphatic rings. The van der Waals surface area contributed by atoms with Crippen LogP contribution in [0.3, 0.4) is 0 Å². The van der Waals surface area contributed by atoms with Crippen molar-refractivity contribution < 1.29 is 89.3 Å². The fourth-order valence-electron chi connectivity index (χ4n) is 18.2. The van der Waals surface area contributed by atoms with Crippen molar-refractivity contribution in [3.8, 4) is 5.75 Å². The number of benzene rings is 8. The van der Waals surface area contributed by atoms with E-state index in [1.807, 2.05) is 0 Å². The maximum Gasteiger partial charge on any atom is 0.368 e. The second-order valence-electron chi connectivity index (χ2n) is 32.1. The Kier molecular flexibility index (Phi) is 28.1. The number of unbranched alkanes of at least 4 members (excludes halogenated alkanes) is 1. The van der Waals surface area contributed by atoms with Crippen molar-refractivity contribution >= 4 is 75.6 Å². The summed E-state index contributed by atoms with van der Waals surface area (Å²) in [7, 11) is -11.4. The number of hydrogen-bond donors (Lipinski definition) is 0. The summed E-state index contributed by atoms with van der Waals surface area (Å²) in [6.07, 6.45) is 9.22. The van der Waals surface area contributed by atoms with Crippen molar-refractivity contribution in [1.82, 2.24) is 0 Å². The average molecular weight is 1680 g/mol. The zero-order valence-corrected chi connectivity index (χ0v) is 68.7. The zero-order chi connectivity index (χ0) is 82.1. The van der Waals surface area contributed by atoms with Gasteiger partial charge in [-0.05, 0) is 223 Å². The first kappa shape index (κ1) is 87.8. The number of esters is 2. The van der Waals surface area contributed by atoms with E-state index in [2.05, 4.69) is 230 Å². The largest absolute Gasteiger partial charge is 0.743 e. The van der Waals surface area contributed by atoms with Crippen molar-refractivity contribution in [3.05, 3.63) is 218 Å². The van der Waals surface area contributed by atoms with E-state index in [9.17, 15) is 75.0 Å². The second-order valence-corrected chi connectivity index (χ2v) is 41.4. The van der Waals surface area contributed by atoms with E-state index in [0.29, 0.717) is 67.7 Å². The van der Waals surface area contributed by atoms with Gasteiger partial charge in [0.05, 0.1) is 33.8 Å². The van der Waals surface area contributed by atoms with Gasteiger partial charge in [0.15, 0.2) is 54.5 Å². The van der Waals surface area contributed by atoms with Gasteiger partial charge in [-0.25, -0.2) is 34.8 Å². The Morgan fingerprint density at radius 3 is 1.33 bits per heavy atom. The van der Waals surface area contributed by atoms with Gasteiger partial charge in [0.1, 0.15) is 23.9 Å². The zero-order valence-electron chi connectivity index (χ0n) is 64.6. The van der Waals surface area contributed by atoms with Gasteiger partial charge in [-0.1, -0.05) is 161 Å². The quantitative estimate of drug-likeness (QED) is 0.0220. The summed E-state index contributed by atoms with van der Waals surface area (Å²) in [5, 5.41) is -6.64. The number of carbonyl (C=O) groups excluding carboxylic acids is 2. The summed E-state index contributed by atoms with van der Waals surface area (Å²) in [5.74, 6) is -5.33. The van der Waals surface area contributed by atoms with Crippen LogP contribution >= 0.6 is 0 Å². The summed E-state index contributed by atoms with van der Waals surface area (Å²) < 4.78 is 197. The molecule has 7 aliphatic carbocycles. The van der Waals surface area contributed by atoms with E-state index < -0.39 is 101 Å². The molecule has 9 fully saturated rings. The molecule has 114 heavy (non-hydrogen) atoms. The van der Waals surface area contributed by atoms with E-state index in [4.69, 9.17) is 9.47 Å². The van der Waals surface area contributed by atoms with E-state index >= 15 is 0 Å². The molecular weight excluding hydrogens is 1580 g/mol. The van der Waals surface area contributed by atoms with Gasteiger partial charge in [0.25, 0.3) is 0 Å². The highest BCUT2D eigenvalue weighted by molar-refractivity contribution is 7.97. The maximum atomic E-state index is 13.5. The molecule has 6 atom stereocenters. The fraction of sp³-hybridized carbons (Fsp3) is 0.461. The number of hydrogen-bond acceptors (Lipinski definition) is 11. The third-order valence-electron chi connectivity index (χ3n) is 24.2. The van der Waals surface area contributed by atoms with E-state index in [0.717, 1.165) is 50.9 Å². The molecule has 2 heterocycles. The predicted molar refractivity (Wildman–Crippen MR) is 427 cm³/mol. The molecular formula is C89H100F9O11S5+. The van der Waals surface area contributed by atoms with Crippen molar-refractivity contribution in [2.24, 2.45) is 51.8 Å². The molecule has 2 saturated heterocycles. The smallest absolute Gasteiger partial charge is 0.368 e. The summed E-state index contributed by atoms with van der Waals surface area (Å²) >= 11 is 0. The van der Waals surface area contributed by atoms with Crippen molar-refractivity contribution in [2.45, 2.75) is 212 Å². The lowest BCUT2D eigenvalue weighted by Gasteiger charge is -2.57. The normalized spacial score (nSPS) is 24.8. The molecule has 7 saturated carbocycles. The van der Waals surface area contributed by atoms with Gasteiger partial charge in [-0.15, -0.1) is 0 Å². The molecule has 8 bridgehead atoms. The topological polar surface area (TPSA) is 176 Å². The average Bonchev–Trinajstić information content (AvgIpc) is 1.52. The molecule has 0 aromatic heterocycles. The van der Waals surface area contributed by atoms with E-state index in [1.54, 1.807) is 25.7 Å². The van der Waals surface area contributed by atoms with Gasteiger partial charge in [0, 0.05) is 46.3 Å². The minimum atomic E-state index is -6.26. The first-order valence-electron chi connectivity index (χ1n) is 39.0. The van der Waals surface area contributed by atoms with Crippen LogP contribution in [0, 0.1) is 51.8 Å². The standard InChI is InChI=1S/C18H23OS.2C18H15S.C13H17F3O7S.C12H18F2O3S.C10H14F4/c1-2-3-12-19-17-10-11-18(20-13-6-7-14-20)16-9-5-4-8-15(16)17;2*1-4-10-16(11-5-1)19(17-12-6-2-7-13-17)18-14-8-3-9-15-18;1-10(2)11(3)4-5-12(10,23-8(11)17)9(18)22-6-7(14)13(15,16)24(19,20)21;13-12(14,18(15,16)17)7-11-4-8-1-9(5-11)3-10(2-8)6-11;1-9(11,12)10(13,14)8-5-6-2-3-7(8)4-6/h4-5,8-11H,2-3,6-7,12-14H2,1H3;2*1-15H;7H,4-6H2,1-3H3,(H,19,20,21);8-10H,1-7H2,(H,15,16,17);6-8H,2-5H2,1H3/q3*+1;;;/p-2. The lowest BCUT2D eigenvalue weighted by Crippen LogP contribution is -2.50. The van der Waals surface area contributed by atoms with Crippen LogP contribution in [0.25, 0.3) is 10.8 Å². The predicted octanol–water partition coefficient (Wildman–Crippen LogP) is 21.9. The van der Waals surface area contributed by atoms with Gasteiger partial charge in [0.2, 0.25) is 11.8 Å². The Balaban J connectivity index is 0.000000136. The number of ether oxygens (including phenoxy) is 3. The molecule has 25 heteroatoms. The van der Waals surface area contributed by atoms with E-state index in [1.165, 1.54) is 70.9 Å². The number of alkyl halides is 9. The fourth-order valence-corrected chi connectivity index (χ4v) is 25.8. The van der Waals surface area contributed by atoms with Crippen molar-refractivity contribution in [1.29, 1.82) is 0 Å². The third-order valence-corrected chi connectivity index (χ3v) is 33.0. The monoisotopic (exact) mass is 1680 g/mol. The Morgan fingerprint density at radius 2 is 0.982 bits per heavy atom. The van der Waals surface area contributed by atoms with Crippen LogP contribution in [-0.4, -0.2) is 96.7 Å². The summed E-state index contributed by atoms with van der Waals surface area (Å²) in [6, 6.07) is 77.6. The van der Waals surface area contributed by atoms with Crippen LogP contribution in [0.15, 0.2) is 253 Å². The molecule has 11 nitrogen and oxygen atoms in total. The molecule has 8 aromatic rings. The van der Waals surface area contributed by atoms with Gasteiger partial charge in [-0.3, -0.25) is 4.79 Å². The summed E-state index contributed by atoms with van der Waals surface area (Å²) in [5.41, 5.74) is -4.36. The first-order chi connectivity index (χ1) is 53.9. The number of carbonyl (C=O) groups is 2. The second kappa shape index (κ2) is 36.5. The molecule has 0 spiro atoms. The number of fused-ring (bicyclic) bond motifs is 5. The third kappa shape index (κ3) is 19.6. The van der Waals surface area contributed by atoms with Gasteiger partial charge in [-0.2, -0.15) is 26.3 Å². The molecule has 614 valence electrons. The first-order valence-corrected chi connectivity index (χ1v) is 45.9. The molecule has 0 amide bonds.